The van der Waals surface area contributed by atoms with Gasteiger partial charge < -0.3 is 10.6 Å². The predicted molar refractivity (Wildman–Crippen MR) is 93.5 cm³/mol. The first-order valence-corrected chi connectivity index (χ1v) is 8.06. The molecule has 0 unspecified atom stereocenters. The van der Waals surface area contributed by atoms with Crippen LogP contribution < -0.4 is 10.6 Å². The SMILES string of the molecule is CC(C)CNC(=O)c1ccnc(C(=O)Nc2ccc(Br)cc2)c1. The van der Waals surface area contributed by atoms with Crippen molar-refractivity contribution in [1.82, 2.24) is 10.3 Å². The van der Waals surface area contributed by atoms with Gasteiger partial charge >= 0.3 is 0 Å². The maximum atomic E-state index is 12.2. The van der Waals surface area contributed by atoms with Crippen molar-refractivity contribution in [1.29, 1.82) is 0 Å². The van der Waals surface area contributed by atoms with Crippen LogP contribution in [0.3, 0.4) is 0 Å². The van der Waals surface area contributed by atoms with Crippen LogP contribution in [-0.4, -0.2) is 23.3 Å². The molecule has 1 aromatic heterocycles. The van der Waals surface area contributed by atoms with E-state index in [1.165, 1.54) is 12.3 Å². The molecule has 0 spiro atoms. The fraction of sp³-hybridized carbons (Fsp3) is 0.235. The molecule has 0 fully saturated rings. The minimum absolute atomic E-state index is 0.199. The maximum absolute atomic E-state index is 12.2. The highest BCUT2D eigenvalue weighted by Gasteiger charge is 2.12. The van der Waals surface area contributed by atoms with Crippen molar-refractivity contribution >= 4 is 33.4 Å². The molecule has 0 aliphatic heterocycles. The van der Waals surface area contributed by atoms with E-state index in [-0.39, 0.29) is 17.5 Å². The van der Waals surface area contributed by atoms with Crippen LogP contribution in [0.15, 0.2) is 47.1 Å². The number of nitrogens with one attached hydrogen (secondary N) is 2. The second kappa shape index (κ2) is 7.87. The average molecular weight is 376 g/mol. The summed E-state index contributed by atoms with van der Waals surface area (Å²) in [5, 5.41) is 5.56. The van der Waals surface area contributed by atoms with Gasteiger partial charge in [0.1, 0.15) is 5.69 Å². The van der Waals surface area contributed by atoms with Crippen molar-refractivity contribution in [2.24, 2.45) is 5.92 Å². The van der Waals surface area contributed by atoms with Crippen molar-refractivity contribution in [2.45, 2.75) is 13.8 Å². The van der Waals surface area contributed by atoms with E-state index in [1.54, 1.807) is 18.2 Å². The quantitative estimate of drug-likeness (QED) is 0.839. The third kappa shape index (κ3) is 5.17. The Morgan fingerprint density at radius 2 is 1.83 bits per heavy atom. The van der Waals surface area contributed by atoms with E-state index in [0.29, 0.717) is 23.7 Å². The molecule has 1 aromatic carbocycles. The van der Waals surface area contributed by atoms with E-state index in [2.05, 4.69) is 31.5 Å². The molecule has 23 heavy (non-hydrogen) atoms. The topological polar surface area (TPSA) is 71.1 Å². The van der Waals surface area contributed by atoms with Crippen LogP contribution >= 0.6 is 15.9 Å². The molecule has 0 atom stereocenters. The number of hydrogen-bond acceptors (Lipinski definition) is 3. The van der Waals surface area contributed by atoms with Crippen molar-refractivity contribution in [3.8, 4) is 0 Å². The molecule has 1 heterocycles. The number of carbonyl (C=O) groups is 2. The molecular formula is C17H18BrN3O2. The van der Waals surface area contributed by atoms with Crippen LogP contribution in [0, 0.1) is 5.92 Å². The number of carbonyl (C=O) groups excluding carboxylic acids is 2. The standard InChI is InChI=1S/C17H18BrN3O2/c1-11(2)10-20-16(22)12-7-8-19-15(9-12)17(23)21-14-5-3-13(18)4-6-14/h3-9,11H,10H2,1-2H3,(H,20,22)(H,21,23). The fourth-order valence-electron chi connectivity index (χ4n) is 1.82. The van der Waals surface area contributed by atoms with Crippen LogP contribution in [0.5, 0.6) is 0 Å². The Kier molecular flexibility index (Phi) is 5.87. The van der Waals surface area contributed by atoms with Gasteiger partial charge in [0.25, 0.3) is 11.8 Å². The molecule has 0 saturated heterocycles. The van der Waals surface area contributed by atoms with Gasteiger partial charge in [-0.05, 0) is 42.3 Å². The van der Waals surface area contributed by atoms with Gasteiger partial charge in [0, 0.05) is 28.5 Å². The number of halogens is 1. The minimum Gasteiger partial charge on any atom is -0.352 e. The number of benzene rings is 1. The van der Waals surface area contributed by atoms with E-state index in [1.807, 2.05) is 26.0 Å². The highest BCUT2D eigenvalue weighted by molar-refractivity contribution is 9.10. The molecule has 0 aliphatic carbocycles. The number of pyridine rings is 1. The van der Waals surface area contributed by atoms with E-state index >= 15 is 0 Å². The van der Waals surface area contributed by atoms with Crippen molar-refractivity contribution in [3.05, 3.63) is 58.3 Å². The Morgan fingerprint density at radius 1 is 1.13 bits per heavy atom. The summed E-state index contributed by atoms with van der Waals surface area (Å²) in [4.78, 5) is 28.3. The summed E-state index contributed by atoms with van der Waals surface area (Å²) in [5.41, 5.74) is 1.28. The summed E-state index contributed by atoms with van der Waals surface area (Å²) in [5.74, 6) is -0.203. The van der Waals surface area contributed by atoms with Crippen LogP contribution in [0.25, 0.3) is 0 Å². The molecule has 2 N–H and O–H groups in total. The van der Waals surface area contributed by atoms with E-state index in [9.17, 15) is 9.59 Å². The van der Waals surface area contributed by atoms with Crippen LogP contribution in [-0.2, 0) is 0 Å². The monoisotopic (exact) mass is 375 g/mol. The molecule has 6 heteroatoms. The zero-order valence-corrected chi connectivity index (χ0v) is 14.6. The molecule has 2 amide bonds. The zero-order chi connectivity index (χ0) is 16.8. The summed E-state index contributed by atoms with van der Waals surface area (Å²) in [6, 6.07) is 10.3. The highest BCUT2D eigenvalue weighted by atomic mass is 79.9. The molecule has 2 rings (SSSR count). The molecule has 0 saturated carbocycles. The first-order chi connectivity index (χ1) is 11.0. The van der Waals surface area contributed by atoms with Gasteiger partial charge in [0.2, 0.25) is 0 Å². The van der Waals surface area contributed by atoms with Gasteiger partial charge in [-0.3, -0.25) is 14.6 Å². The number of hydrogen-bond donors (Lipinski definition) is 2. The molecule has 0 bridgehead atoms. The average Bonchev–Trinajstić information content (AvgIpc) is 2.54. The summed E-state index contributed by atoms with van der Waals surface area (Å²) in [6.07, 6.45) is 1.46. The van der Waals surface area contributed by atoms with Crippen LogP contribution in [0.2, 0.25) is 0 Å². The number of anilines is 1. The Morgan fingerprint density at radius 3 is 2.48 bits per heavy atom. The summed E-state index contributed by atoms with van der Waals surface area (Å²) >= 11 is 3.34. The van der Waals surface area contributed by atoms with Gasteiger partial charge in [-0.2, -0.15) is 0 Å². The van der Waals surface area contributed by atoms with E-state index in [0.717, 1.165) is 4.47 Å². The lowest BCUT2D eigenvalue weighted by atomic mass is 10.2. The second-order valence-electron chi connectivity index (χ2n) is 5.49. The van der Waals surface area contributed by atoms with Crippen molar-refractivity contribution in [2.75, 3.05) is 11.9 Å². The Balaban J connectivity index is 2.07. The normalized spacial score (nSPS) is 10.4. The number of amides is 2. The molecule has 0 aliphatic rings. The Labute approximate surface area is 143 Å². The molecule has 5 nitrogen and oxygen atoms in total. The lowest BCUT2D eigenvalue weighted by Crippen LogP contribution is -2.27. The smallest absolute Gasteiger partial charge is 0.274 e. The summed E-state index contributed by atoms with van der Waals surface area (Å²) in [6.45, 7) is 4.62. The third-order valence-electron chi connectivity index (χ3n) is 3.03. The lowest BCUT2D eigenvalue weighted by Gasteiger charge is -2.09. The van der Waals surface area contributed by atoms with Gasteiger partial charge in [-0.25, -0.2) is 0 Å². The van der Waals surface area contributed by atoms with Crippen molar-refractivity contribution < 1.29 is 9.59 Å². The fourth-order valence-corrected chi connectivity index (χ4v) is 2.09. The summed E-state index contributed by atoms with van der Waals surface area (Å²) in [7, 11) is 0. The number of aromatic nitrogens is 1. The van der Waals surface area contributed by atoms with E-state index in [4.69, 9.17) is 0 Å². The van der Waals surface area contributed by atoms with Crippen molar-refractivity contribution in [3.63, 3.8) is 0 Å². The van der Waals surface area contributed by atoms with Gasteiger partial charge in [0.15, 0.2) is 0 Å². The third-order valence-corrected chi connectivity index (χ3v) is 3.56. The van der Waals surface area contributed by atoms with Crippen LogP contribution in [0.1, 0.15) is 34.7 Å². The first-order valence-electron chi connectivity index (χ1n) is 7.27. The Hall–Kier alpha value is -2.21. The highest BCUT2D eigenvalue weighted by Crippen LogP contribution is 2.15. The van der Waals surface area contributed by atoms with Crippen LogP contribution in [0.4, 0.5) is 5.69 Å². The largest absolute Gasteiger partial charge is 0.352 e. The maximum Gasteiger partial charge on any atom is 0.274 e. The first kappa shape index (κ1) is 17.1. The molecule has 2 aromatic rings. The summed E-state index contributed by atoms with van der Waals surface area (Å²) < 4.78 is 0.928. The van der Waals surface area contributed by atoms with Gasteiger partial charge in [-0.1, -0.05) is 29.8 Å². The molecular weight excluding hydrogens is 358 g/mol. The predicted octanol–water partition coefficient (Wildman–Crippen LogP) is 3.48. The van der Waals surface area contributed by atoms with E-state index < -0.39 is 0 Å². The number of rotatable bonds is 5. The lowest BCUT2D eigenvalue weighted by molar-refractivity contribution is 0.0949. The van der Waals surface area contributed by atoms with Gasteiger partial charge in [-0.15, -0.1) is 0 Å². The van der Waals surface area contributed by atoms with Gasteiger partial charge in [0.05, 0.1) is 0 Å². The molecule has 0 radical (unpaired) electrons. The molecule has 120 valence electrons. The minimum atomic E-state index is -0.356. The second-order valence-corrected chi connectivity index (χ2v) is 6.41. The zero-order valence-electron chi connectivity index (χ0n) is 13.0. The Bertz CT molecular complexity index is 699. The number of nitrogens with zero attached hydrogens (tertiary/aromatic N) is 1.